The number of aliphatic hydroxyl groups is 3. The number of hydrogen-bond donors (Lipinski definition) is 4. The quantitative estimate of drug-likeness (QED) is 0.447. The van der Waals surface area contributed by atoms with Gasteiger partial charge in [-0.1, -0.05) is 11.8 Å². The number of aromatic amines is 1. The minimum absolute atomic E-state index is 0.642. The molecule has 4 atom stereocenters. The monoisotopic (exact) mass is 302 g/mol. The van der Waals surface area contributed by atoms with Crippen LogP contribution in [-0.4, -0.2) is 55.9 Å². The second-order valence-electron chi connectivity index (χ2n) is 4.26. The van der Waals surface area contributed by atoms with Gasteiger partial charge in [-0.25, -0.2) is 9.18 Å². The van der Waals surface area contributed by atoms with Gasteiger partial charge in [-0.05, 0) is 0 Å². The van der Waals surface area contributed by atoms with E-state index in [4.69, 9.17) is 7.48 Å². The van der Waals surface area contributed by atoms with E-state index in [1.54, 1.807) is 0 Å². The number of aliphatic hydroxyl groups excluding tert-OH is 1. The first-order valence-corrected chi connectivity index (χ1v) is 5.77. The molecule has 8 nitrogen and oxygen atoms in total. The minimum Gasteiger partial charge on any atom is -0.394 e. The number of H-pyrrole nitrogens is 1. The van der Waals surface area contributed by atoms with Crippen LogP contribution >= 0.6 is 0 Å². The van der Waals surface area contributed by atoms with Gasteiger partial charge in [0.25, 0.3) is 5.56 Å². The Morgan fingerprint density at radius 1 is 1.62 bits per heavy atom. The summed E-state index contributed by atoms with van der Waals surface area (Å²) in [7, 11) is 0. The highest BCUT2D eigenvalue weighted by Gasteiger charge is 2.55. The van der Waals surface area contributed by atoms with Crippen molar-refractivity contribution in [3.05, 3.63) is 33.1 Å². The summed E-state index contributed by atoms with van der Waals surface area (Å²) in [5, 5.41) is 29.9. The first kappa shape index (κ1) is 12.7. The van der Waals surface area contributed by atoms with Crippen LogP contribution in [0.5, 0.6) is 0 Å². The Labute approximate surface area is 120 Å². The average molecular weight is 302 g/mol. The van der Waals surface area contributed by atoms with Gasteiger partial charge >= 0.3 is 5.69 Å². The van der Waals surface area contributed by atoms with Gasteiger partial charge in [0.1, 0.15) is 18.9 Å². The van der Waals surface area contributed by atoms with Crippen molar-refractivity contribution in [3.63, 3.8) is 0 Å². The molecule has 1 aromatic rings. The van der Waals surface area contributed by atoms with E-state index in [0.29, 0.717) is 4.57 Å². The van der Waals surface area contributed by atoms with Gasteiger partial charge in [-0.3, -0.25) is 14.3 Å². The summed E-state index contributed by atoms with van der Waals surface area (Å²) >= 11 is 0. The Morgan fingerprint density at radius 3 is 2.90 bits per heavy atom. The van der Waals surface area contributed by atoms with E-state index >= 15 is 0 Å². The maximum Gasteiger partial charge on any atom is 0.330 e. The van der Waals surface area contributed by atoms with Crippen LogP contribution in [0, 0.1) is 11.8 Å². The number of hydrogen-bond acceptors (Lipinski definition) is 6. The molecule has 1 aliphatic heterocycles. The van der Waals surface area contributed by atoms with Crippen molar-refractivity contribution in [1.29, 1.82) is 0 Å². The molecule has 0 amide bonds. The molecule has 0 bridgehead atoms. The summed E-state index contributed by atoms with van der Waals surface area (Å²) in [6.45, 7) is -4.26. The average Bonchev–Trinajstić information content (AvgIpc) is 2.70. The molecule has 0 aliphatic carbocycles. The summed E-state index contributed by atoms with van der Waals surface area (Å²) in [4.78, 5) is 24.8. The number of aromatic nitrogens is 2. The van der Waals surface area contributed by atoms with E-state index in [0.717, 1.165) is 12.3 Å². The molecule has 114 valence electrons. The molecule has 21 heavy (non-hydrogen) atoms. The highest BCUT2D eigenvalue weighted by atomic mass is 19.1. The summed E-state index contributed by atoms with van der Waals surface area (Å²) in [6.07, 6.45) is -4.92. The number of nitrogens with zero attached hydrogens (tertiary/aromatic N) is 1. The third kappa shape index (κ3) is 2.62. The molecular formula is C12H13FN2O6. The minimum atomic E-state index is -3.08. The molecule has 4 N–H and O–H groups in total. The number of alkyl halides is 1. The number of ether oxygens (including phenoxy) is 1. The first-order chi connectivity index (χ1) is 10.6. The Hall–Kier alpha value is -1.99. The smallest absolute Gasteiger partial charge is 0.330 e. The van der Waals surface area contributed by atoms with Gasteiger partial charge in [0, 0.05) is 12.3 Å². The predicted molar refractivity (Wildman–Crippen MR) is 67.0 cm³/mol. The number of rotatable bonds is 2. The second kappa shape index (κ2) is 5.79. The van der Waals surface area contributed by atoms with E-state index in [2.05, 4.69) is 0 Å². The Morgan fingerprint density at radius 2 is 2.33 bits per heavy atom. The van der Waals surface area contributed by atoms with E-state index < -0.39 is 48.5 Å². The van der Waals surface area contributed by atoms with Gasteiger partial charge in [0.05, 0.1) is 9.30 Å². The molecule has 1 unspecified atom stereocenters. The molecule has 0 spiro atoms. The van der Waals surface area contributed by atoms with Crippen LogP contribution in [0.4, 0.5) is 4.39 Å². The number of halogens is 1. The normalized spacial score (nSPS) is 33.8. The summed E-state index contributed by atoms with van der Waals surface area (Å²) in [5.41, 5.74) is -4.36. The van der Waals surface area contributed by atoms with Crippen LogP contribution in [0.3, 0.4) is 0 Å². The van der Waals surface area contributed by atoms with Crippen LogP contribution < -0.4 is 11.2 Å². The summed E-state index contributed by atoms with van der Waals surface area (Å²) in [6, 6.07) is 0.918. The molecule has 2 heterocycles. The maximum absolute atomic E-state index is 12.3. The SMILES string of the molecule is [2H]C([2H])(O)[C@H]1O[C@@H](n2ccc(=O)[nH]c2=O)C(O)(C#CCF)[C@H]1O. The van der Waals surface area contributed by atoms with E-state index in [9.17, 15) is 29.3 Å². The van der Waals surface area contributed by atoms with Crippen molar-refractivity contribution >= 4 is 0 Å². The van der Waals surface area contributed by atoms with Gasteiger partial charge in [0.15, 0.2) is 11.8 Å². The fourth-order valence-electron chi connectivity index (χ4n) is 2.00. The lowest BCUT2D eigenvalue weighted by Crippen LogP contribution is -2.48. The van der Waals surface area contributed by atoms with Crippen LogP contribution in [-0.2, 0) is 4.74 Å². The Kier molecular flexibility index (Phi) is 3.51. The zero-order chi connectivity index (χ0) is 17.4. The molecule has 2 rings (SSSR count). The number of nitrogens with one attached hydrogen (secondary N) is 1. The summed E-state index contributed by atoms with van der Waals surface area (Å²) < 4.78 is 32.4. The van der Waals surface area contributed by atoms with Crippen molar-refractivity contribution in [2.24, 2.45) is 0 Å². The lowest BCUT2D eigenvalue weighted by Gasteiger charge is -2.26. The first-order valence-electron chi connectivity index (χ1n) is 6.77. The zero-order valence-corrected chi connectivity index (χ0v) is 10.5. The second-order valence-corrected chi connectivity index (χ2v) is 4.26. The maximum atomic E-state index is 12.3. The van der Waals surface area contributed by atoms with Gasteiger partial charge in [-0.15, -0.1) is 0 Å². The molecule has 1 aromatic heterocycles. The third-order valence-electron chi connectivity index (χ3n) is 2.98. The van der Waals surface area contributed by atoms with Crippen LogP contribution in [0.2, 0.25) is 0 Å². The predicted octanol–water partition coefficient (Wildman–Crippen LogP) is -2.51. The summed E-state index contributed by atoms with van der Waals surface area (Å²) in [5.74, 6) is 3.84. The molecule has 1 saturated heterocycles. The van der Waals surface area contributed by atoms with Crippen molar-refractivity contribution in [2.75, 3.05) is 13.2 Å². The molecule has 0 aromatic carbocycles. The highest BCUT2D eigenvalue weighted by molar-refractivity contribution is 5.23. The molecule has 1 fully saturated rings. The van der Waals surface area contributed by atoms with E-state index in [1.807, 2.05) is 16.8 Å². The van der Waals surface area contributed by atoms with Crippen LogP contribution in [0.1, 0.15) is 8.97 Å². The van der Waals surface area contributed by atoms with Gasteiger partial charge in [-0.2, -0.15) is 0 Å². The zero-order valence-electron chi connectivity index (χ0n) is 12.5. The molecule has 1 aliphatic rings. The highest BCUT2D eigenvalue weighted by Crippen LogP contribution is 2.37. The topological polar surface area (TPSA) is 125 Å². The molecule has 9 heteroatoms. The van der Waals surface area contributed by atoms with Crippen molar-refractivity contribution < 1.29 is 27.2 Å². The fraction of sp³-hybridized carbons (Fsp3) is 0.500. The van der Waals surface area contributed by atoms with Gasteiger partial charge < -0.3 is 20.1 Å². The van der Waals surface area contributed by atoms with Crippen molar-refractivity contribution in [2.45, 2.75) is 24.0 Å². The molecule has 0 radical (unpaired) electrons. The van der Waals surface area contributed by atoms with E-state index in [-0.39, 0.29) is 0 Å². The lowest BCUT2D eigenvalue weighted by atomic mass is 9.94. The Balaban J connectivity index is 2.59. The van der Waals surface area contributed by atoms with Crippen molar-refractivity contribution in [3.8, 4) is 11.8 Å². The lowest BCUT2D eigenvalue weighted by molar-refractivity contribution is -0.0765. The molecule has 0 saturated carbocycles. The largest absolute Gasteiger partial charge is 0.394 e. The fourth-order valence-corrected chi connectivity index (χ4v) is 2.00. The standard InChI is InChI=1S/C12H13FN2O6/c13-4-1-3-12(20)9(18)7(6-16)21-10(12)15-5-2-8(17)14-11(15)19/h2,5,7,9-10,16,18,20H,4,6H2,(H,14,17,19)/t7-,9+,10-,12?/m1/s1/i6D2. The molecular weight excluding hydrogens is 287 g/mol. The van der Waals surface area contributed by atoms with E-state index in [1.165, 1.54) is 0 Å². The third-order valence-corrected chi connectivity index (χ3v) is 2.98. The van der Waals surface area contributed by atoms with Crippen molar-refractivity contribution in [1.82, 2.24) is 9.55 Å². The van der Waals surface area contributed by atoms with Gasteiger partial charge in [0.2, 0.25) is 0 Å². The van der Waals surface area contributed by atoms with Crippen LogP contribution in [0.15, 0.2) is 21.9 Å². The van der Waals surface area contributed by atoms with Crippen LogP contribution in [0.25, 0.3) is 0 Å². The Bertz CT molecular complexity index is 764.